The van der Waals surface area contributed by atoms with Crippen LogP contribution in [0.15, 0.2) is 30.3 Å². The zero-order valence-corrected chi connectivity index (χ0v) is 14.6. The Bertz CT molecular complexity index is 369. The maximum absolute atomic E-state index is 5.27. The van der Waals surface area contributed by atoms with Crippen molar-refractivity contribution in [2.24, 2.45) is 5.92 Å². The number of nitrogens with one attached hydrogen (secondary N) is 1. The summed E-state index contributed by atoms with van der Waals surface area (Å²) in [6.07, 6.45) is 5.06. The third-order valence-corrected chi connectivity index (χ3v) is 4.37. The van der Waals surface area contributed by atoms with Crippen molar-refractivity contribution in [3.63, 3.8) is 0 Å². The lowest BCUT2D eigenvalue weighted by Gasteiger charge is -2.30. The standard InChI is InChI=1S/C18H30N2O.ClH/c1-21-15-14-20(16-18-9-11-19-12-10-18)13-5-8-17-6-3-2-4-7-17;/h2-4,6-7,18-19H,5,8-16H2,1H3;1H. The maximum atomic E-state index is 5.27. The number of hydrogen-bond acceptors (Lipinski definition) is 3. The Balaban J connectivity index is 0.00000242. The first-order valence-corrected chi connectivity index (χ1v) is 8.34. The van der Waals surface area contributed by atoms with E-state index in [4.69, 9.17) is 4.74 Å². The minimum atomic E-state index is 0. The molecule has 2 rings (SSSR count). The van der Waals surface area contributed by atoms with Gasteiger partial charge in [0.2, 0.25) is 0 Å². The van der Waals surface area contributed by atoms with E-state index in [0.717, 1.165) is 19.1 Å². The molecule has 1 aliphatic rings. The SMILES string of the molecule is COCCN(CCCc1ccccc1)CC1CCNCC1.Cl. The Morgan fingerprint density at radius 3 is 2.55 bits per heavy atom. The molecule has 0 aliphatic carbocycles. The number of rotatable bonds is 9. The molecule has 1 heterocycles. The number of hydrogen-bond donors (Lipinski definition) is 1. The molecule has 0 unspecified atom stereocenters. The largest absolute Gasteiger partial charge is 0.383 e. The fourth-order valence-corrected chi connectivity index (χ4v) is 3.10. The highest BCUT2D eigenvalue weighted by Crippen LogP contribution is 2.14. The van der Waals surface area contributed by atoms with Gasteiger partial charge in [-0.25, -0.2) is 0 Å². The first kappa shape index (κ1) is 19.4. The molecule has 0 saturated carbocycles. The fraction of sp³-hybridized carbons (Fsp3) is 0.667. The van der Waals surface area contributed by atoms with Gasteiger partial charge in [-0.05, 0) is 56.8 Å². The van der Waals surface area contributed by atoms with Gasteiger partial charge in [-0.2, -0.15) is 0 Å². The van der Waals surface area contributed by atoms with Crippen molar-refractivity contribution in [1.82, 2.24) is 10.2 Å². The van der Waals surface area contributed by atoms with Gasteiger partial charge >= 0.3 is 0 Å². The van der Waals surface area contributed by atoms with E-state index in [0.29, 0.717) is 0 Å². The van der Waals surface area contributed by atoms with Crippen LogP contribution < -0.4 is 5.32 Å². The molecule has 1 aromatic carbocycles. The van der Waals surface area contributed by atoms with Gasteiger partial charge in [-0.1, -0.05) is 30.3 Å². The van der Waals surface area contributed by atoms with Crippen molar-refractivity contribution in [2.45, 2.75) is 25.7 Å². The van der Waals surface area contributed by atoms with Crippen molar-refractivity contribution in [3.05, 3.63) is 35.9 Å². The summed E-state index contributed by atoms with van der Waals surface area (Å²) in [6, 6.07) is 10.8. The highest BCUT2D eigenvalue weighted by molar-refractivity contribution is 5.85. The van der Waals surface area contributed by atoms with Crippen LogP contribution in [0, 0.1) is 5.92 Å². The molecule has 1 saturated heterocycles. The molecule has 22 heavy (non-hydrogen) atoms. The van der Waals surface area contributed by atoms with Gasteiger partial charge in [0.15, 0.2) is 0 Å². The van der Waals surface area contributed by atoms with Crippen LogP contribution in [0.1, 0.15) is 24.8 Å². The molecule has 3 nitrogen and oxygen atoms in total. The number of piperidine rings is 1. The second-order valence-corrected chi connectivity index (χ2v) is 6.08. The predicted octanol–water partition coefficient (Wildman–Crippen LogP) is 2.99. The molecule has 0 atom stereocenters. The van der Waals surface area contributed by atoms with Crippen LogP contribution in [0.25, 0.3) is 0 Å². The first-order chi connectivity index (χ1) is 10.4. The average Bonchev–Trinajstić information content (AvgIpc) is 2.54. The summed E-state index contributed by atoms with van der Waals surface area (Å²) in [4.78, 5) is 2.60. The molecule has 0 aromatic heterocycles. The molecule has 126 valence electrons. The van der Waals surface area contributed by atoms with E-state index in [2.05, 4.69) is 40.5 Å². The quantitative estimate of drug-likeness (QED) is 0.755. The van der Waals surface area contributed by atoms with E-state index >= 15 is 0 Å². The van der Waals surface area contributed by atoms with Gasteiger partial charge in [0.1, 0.15) is 0 Å². The molecule has 1 fully saturated rings. The predicted molar refractivity (Wildman–Crippen MR) is 95.9 cm³/mol. The van der Waals surface area contributed by atoms with E-state index in [-0.39, 0.29) is 12.4 Å². The number of benzene rings is 1. The second-order valence-electron chi connectivity index (χ2n) is 6.08. The maximum Gasteiger partial charge on any atom is 0.0589 e. The molecule has 4 heteroatoms. The fourth-order valence-electron chi connectivity index (χ4n) is 3.10. The normalized spacial score (nSPS) is 15.7. The highest BCUT2D eigenvalue weighted by atomic mass is 35.5. The molecular weight excluding hydrogens is 296 g/mol. The zero-order chi connectivity index (χ0) is 14.8. The van der Waals surface area contributed by atoms with Crippen molar-refractivity contribution in [3.8, 4) is 0 Å². The van der Waals surface area contributed by atoms with Gasteiger partial charge in [-0.3, -0.25) is 0 Å². The van der Waals surface area contributed by atoms with Gasteiger partial charge in [0.05, 0.1) is 6.61 Å². The summed E-state index contributed by atoms with van der Waals surface area (Å²) < 4.78 is 5.27. The van der Waals surface area contributed by atoms with Crippen LogP contribution in [0.2, 0.25) is 0 Å². The lowest BCUT2D eigenvalue weighted by Crippen LogP contribution is -2.38. The summed E-state index contributed by atoms with van der Waals surface area (Å²) in [6.45, 7) is 6.70. The summed E-state index contributed by atoms with van der Waals surface area (Å²) in [5, 5.41) is 3.45. The number of halogens is 1. The van der Waals surface area contributed by atoms with Gasteiger partial charge < -0.3 is 15.0 Å². The minimum absolute atomic E-state index is 0. The molecular formula is C18H31ClN2O. The van der Waals surface area contributed by atoms with Crippen LogP contribution in [-0.2, 0) is 11.2 Å². The smallest absolute Gasteiger partial charge is 0.0589 e. The molecule has 0 amide bonds. The van der Waals surface area contributed by atoms with Crippen LogP contribution in [0.4, 0.5) is 0 Å². The van der Waals surface area contributed by atoms with E-state index < -0.39 is 0 Å². The van der Waals surface area contributed by atoms with Crippen LogP contribution in [0.3, 0.4) is 0 Å². The van der Waals surface area contributed by atoms with Crippen molar-refractivity contribution in [1.29, 1.82) is 0 Å². The highest BCUT2D eigenvalue weighted by Gasteiger charge is 2.16. The van der Waals surface area contributed by atoms with Crippen molar-refractivity contribution < 1.29 is 4.74 Å². The van der Waals surface area contributed by atoms with E-state index in [9.17, 15) is 0 Å². The van der Waals surface area contributed by atoms with E-state index in [1.165, 1.54) is 57.4 Å². The zero-order valence-electron chi connectivity index (χ0n) is 13.8. The van der Waals surface area contributed by atoms with Crippen molar-refractivity contribution in [2.75, 3.05) is 46.4 Å². The number of aryl methyl sites for hydroxylation is 1. The van der Waals surface area contributed by atoms with E-state index in [1.54, 1.807) is 7.11 Å². The lowest BCUT2D eigenvalue weighted by atomic mass is 9.97. The third kappa shape index (κ3) is 7.59. The minimum Gasteiger partial charge on any atom is -0.383 e. The Kier molecular flexibility index (Phi) is 10.5. The molecule has 1 aliphatic heterocycles. The monoisotopic (exact) mass is 326 g/mol. The van der Waals surface area contributed by atoms with Crippen LogP contribution >= 0.6 is 12.4 Å². The molecule has 1 N–H and O–H groups in total. The van der Waals surface area contributed by atoms with E-state index in [1.807, 2.05) is 0 Å². The topological polar surface area (TPSA) is 24.5 Å². The number of methoxy groups -OCH3 is 1. The van der Waals surface area contributed by atoms with Gasteiger partial charge in [0, 0.05) is 20.2 Å². The van der Waals surface area contributed by atoms with Gasteiger partial charge in [0.25, 0.3) is 0 Å². The van der Waals surface area contributed by atoms with Crippen molar-refractivity contribution >= 4 is 12.4 Å². The van der Waals surface area contributed by atoms with Gasteiger partial charge in [-0.15, -0.1) is 12.4 Å². The summed E-state index contributed by atoms with van der Waals surface area (Å²) in [5.41, 5.74) is 1.45. The van der Waals surface area contributed by atoms with Crippen LogP contribution in [-0.4, -0.2) is 51.3 Å². The Morgan fingerprint density at radius 2 is 1.86 bits per heavy atom. The molecule has 0 bridgehead atoms. The third-order valence-electron chi connectivity index (χ3n) is 4.37. The molecule has 1 aromatic rings. The Hall–Kier alpha value is -0.610. The average molecular weight is 327 g/mol. The summed E-state index contributed by atoms with van der Waals surface area (Å²) >= 11 is 0. The first-order valence-electron chi connectivity index (χ1n) is 8.34. The summed E-state index contributed by atoms with van der Waals surface area (Å²) in [5.74, 6) is 0.861. The Morgan fingerprint density at radius 1 is 1.14 bits per heavy atom. The summed E-state index contributed by atoms with van der Waals surface area (Å²) in [7, 11) is 1.80. The molecule has 0 spiro atoms. The lowest BCUT2D eigenvalue weighted by molar-refractivity contribution is 0.129. The second kappa shape index (κ2) is 11.9. The number of ether oxygens (including phenoxy) is 1. The van der Waals surface area contributed by atoms with Crippen LogP contribution in [0.5, 0.6) is 0 Å². The molecule has 0 radical (unpaired) electrons. The number of nitrogens with zero attached hydrogens (tertiary/aromatic N) is 1. The Labute approximate surface area is 141 Å².